The van der Waals surface area contributed by atoms with Gasteiger partial charge in [-0.25, -0.2) is 0 Å². The highest BCUT2D eigenvalue weighted by molar-refractivity contribution is 5.90. The van der Waals surface area contributed by atoms with E-state index in [9.17, 15) is 29.7 Å². The summed E-state index contributed by atoms with van der Waals surface area (Å²) in [6.45, 7) is 1.61. The molecule has 0 saturated heterocycles. The number of carbonyl (C=O) groups excluding carboxylic acids is 3. The summed E-state index contributed by atoms with van der Waals surface area (Å²) in [6.07, 6.45) is -8.01. The summed E-state index contributed by atoms with van der Waals surface area (Å²) in [4.78, 5) is 40.4. The molecule has 0 bridgehead atoms. The summed E-state index contributed by atoms with van der Waals surface area (Å²) in [7, 11) is 2.89. The van der Waals surface area contributed by atoms with E-state index < -0.39 is 66.2 Å². The largest absolute Gasteiger partial charge is 0.390 e. The lowest BCUT2D eigenvalue weighted by Crippen LogP contribution is -2.59. The number of fused-ring (bicyclic) bond motifs is 1. The molecular weight excluding hydrogens is 618 g/mol. The Hall–Kier alpha value is -4.17. The number of nitrogens with one attached hydrogen (secondary N) is 3. The van der Waals surface area contributed by atoms with Crippen LogP contribution in [0.2, 0.25) is 0 Å². The van der Waals surface area contributed by atoms with Gasteiger partial charge in [0.25, 0.3) is 11.8 Å². The van der Waals surface area contributed by atoms with Gasteiger partial charge < -0.3 is 45.5 Å². The summed E-state index contributed by atoms with van der Waals surface area (Å²) in [6, 6.07) is 23.3. The number of rotatable bonds is 17. The highest BCUT2D eigenvalue weighted by Crippen LogP contribution is 2.31. The Balaban J connectivity index is 1.61. The Morgan fingerprint density at radius 3 is 1.85 bits per heavy atom. The third-order valence-electron chi connectivity index (χ3n) is 8.36. The number of ether oxygens (including phenoxy) is 3. The van der Waals surface area contributed by atoms with Crippen LogP contribution in [0.3, 0.4) is 0 Å². The van der Waals surface area contributed by atoms with Crippen molar-refractivity contribution in [3.63, 3.8) is 0 Å². The van der Waals surface area contributed by atoms with E-state index in [4.69, 9.17) is 14.2 Å². The van der Waals surface area contributed by atoms with Crippen molar-refractivity contribution in [2.45, 2.75) is 69.2 Å². The summed E-state index contributed by atoms with van der Waals surface area (Å²) < 4.78 is 17.0. The van der Waals surface area contributed by atoms with Gasteiger partial charge in [-0.1, -0.05) is 91.9 Å². The van der Waals surface area contributed by atoms with E-state index in [1.165, 1.54) is 14.2 Å². The minimum atomic E-state index is -2.00. The van der Waals surface area contributed by atoms with Crippen molar-refractivity contribution in [3.05, 3.63) is 107 Å². The minimum absolute atomic E-state index is 0.110. The second-order valence-electron chi connectivity index (χ2n) is 11.9. The lowest BCUT2D eigenvalue weighted by molar-refractivity contribution is -0.171. The molecule has 12 heteroatoms. The predicted octanol–water partition coefficient (Wildman–Crippen LogP) is 1.17. The normalized spacial score (nSPS) is 19.2. The molecule has 0 saturated carbocycles. The number of methoxy groups -OCH3 is 1. The maximum atomic E-state index is 13.8. The molecule has 6 N–H and O–H groups in total. The third kappa shape index (κ3) is 9.47. The van der Waals surface area contributed by atoms with Crippen molar-refractivity contribution in [2.75, 3.05) is 20.8 Å². The van der Waals surface area contributed by atoms with Crippen LogP contribution in [0, 0.1) is 5.92 Å². The van der Waals surface area contributed by atoms with Gasteiger partial charge in [0, 0.05) is 26.5 Å². The van der Waals surface area contributed by atoms with Crippen LogP contribution in [0.25, 0.3) is 0 Å². The Morgan fingerprint density at radius 2 is 1.31 bits per heavy atom. The second-order valence-corrected chi connectivity index (χ2v) is 11.9. The second kappa shape index (κ2) is 17.8. The minimum Gasteiger partial charge on any atom is -0.390 e. The van der Waals surface area contributed by atoms with Gasteiger partial charge in [-0.05, 0) is 22.3 Å². The number of aliphatic hydroxyl groups is 3. The van der Waals surface area contributed by atoms with Gasteiger partial charge in [-0.2, -0.15) is 0 Å². The molecule has 0 aliphatic heterocycles. The molecule has 12 nitrogen and oxygen atoms in total. The number of likely N-dealkylation sites (N-methyl/N-ethyl adjacent to an activating group) is 1. The molecule has 3 aromatic carbocycles. The standard InChI is InChI=1S/C36H45N3O9/c1-22(19-46-3)28(34(43)37-2)38-35(44)32(47-20-23-12-6-4-7-13-23)30(41)31(42)33(48-21-24-14-8-5-9-15-24)36(45)39-29-26-17-11-10-16-25(26)18-27(29)40/h4-17,22,27-33,40-42H,18-21H2,1-3H3,(H,37,43)(H,38,44)(H,39,45)/t22-,27-,28+,29+,30-,31-,32-,33-/m1/s1. The fourth-order valence-corrected chi connectivity index (χ4v) is 5.74. The van der Waals surface area contributed by atoms with Crippen LogP contribution < -0.4 is 16.0 Å². The molecule has 0 aromatic heterocycles. The van der Waals surface area contributed by atoms with Gasteiger partial charge in [0.2, 0.25) is 5.91 Å². The van der Waals surface area contributed by atoms with Crippen molar-refractivity contribution in [3.8, 4) is 0 Å². The Morgan fingerprint density at radius 1 is 0.792 bits per heavy atom. The molecule has 0 fully saturated rings. The molecule has 1 aliphatic rings. The molecule has 3 amide bonds. The van der Waals surface area contributed by atoms with Crippen molar-refractivity contribution in [2.24, 2.45) is 5.92 Å². The monoisotopic (exact) mass is 663 g/mol. The fourth-order valence-electron chi connectivity index (χ4n) is 5.74. The summed E-state index contributed by atoms with van der Waals surface area (Å²) in [5, 5.41) is 41.9. The molecule has 48 heavy (non-hydrogen) atoms. The number of amides is 3. The maximum Gasteiger partial charge on any atom is 0.252 e. The van der Waals surface area contributed by atoms with Gasteiger partial charge in [0.05, 0.1) is 32.0 Å². The zero-order valence-electron chi connectivity index (χ0n) is 27.3. The number of carbonyl (C=O) groups is 3. The first-order valence-corrected chi connectivity index (χ1v) is 15.9. The summed E-state index contributed by atoms with van der Waals surface area (Å²) in [5.74, 6) is -2.67. The lowest BCUT2D eigenvalue weighted by atomic mass is 9.98. The first-order chi connectivity index (χ1) is 23.1. The topological polar surface area (TPSA) is 176 Å². The zero-order valence-corrected chi connectivity index (χ0v) is 27.3. The average molecular weight is 664 g/mol. The third-order valence-corrected chi connectivity index (χ3v) is 8.36. The highest BCUT2D eigenvalue weighted by Gasteiger charge is 2.43. The van der Waals surface area contributed by atoms with Gasteiger partial charge in [-0.3, -0.25) is 14.4 Å². The zero-order chi connectivity index (χ0) is 34.6. The van der Waals surface area contributed by atoms with Gasteiger partial charge in [-0.15, -0.1) is 0 Å². The van der Waals surface area contributed by atoms with Crippen molar-refractivity contribution >= 4 is 17.7 Å². The van der Waals surface area contributed by atoms with Crippen molar-refractivity contribution in [1.29, 1.82) is 0 Å². The Labute approximate surface area is 280 Å². The van der Waals surface area contributed by atoms with E-state index in [0.29, 0.717) is 17.5 Å². The van der Waals surface area contributed by atoms with E-state index in [1.807, 2.05) is 24.3 Å². The van der Waals surface area contributed by atoms with E-state index in [-0.39, 0.29) is 19.8 Å². The van der Waals surface area contributed by atoms with Gasteiger partial charge in [0.15, 0.2) is 12.2 Å². The van der Waals surface area contributed by atoms with Crippen LogP contribution in [-0.4, -0.2) is 90.4 Å². The Bertz CT molecular complexity index is 1480. The van der Waals surface area contributed by atoms with Crippen molar-refractivity contribution in [1.82, 2.24) is 16.0 Å². The first-order valence-electron chi connectivity index (χ1n) is 15.9. The van der Waals surface area contributed by atoms with Crippen LogP contribution in [-0.2, 0) is 48.2 Å². The molecule has 4 rings (SSSR count). The van der Waals surface area contributed by atoms with Gasteiger partial charge in [0.1, 0.15) is 18.2 Å². The van der Waals surface area contributed by atoms with Gasteiger partial charge >= 0.3 is 0 Å². The molecule has 3 aromatic rings. The molecule has 258 valence electrons. The SMILES string of the molecule is CNC(=O)[C@@H](NC(=O)[C@H](OCc1ccccc1)[C@H](O)[C@@H](O)[C@@H](OCc1ccccc1)C(=O)N[C@H]1c2ccccc2C[C@H]1O)[C@H](C)COC. The van der Waals surface area contributed by atoms with E-state index in [0.717, 1.165) is 11.1 Å². The molecule has 0 heterocycles. The van der Waals surface area contributed by atoms with Crippen LogP contribution in [0.15, 0.2) is 84.9 Å². The predicted molar refractivity (Wildman–Crippen MR) is 176 cm³/mol. The van der Waals surface area contributed by atoms with E-state index in [1.54, 1.807) is 67.6 Å². The molecule has 0 spiro atoms. The first kappa shape index (κ1) is 36.7. The molecular formula is C36H45N3O9. The molecule has 8 atom stereocenters. The smallest absolute Gasteiger partial charge is 0.252 e. The maximum absolute atomic E-state index is 13.8. The van der Waals surface area contributed by atoms with E-state index in [2.05, 4.69) is 16.0 Å². The number of hydrogen-bond acceptors (Lipinski definition) is 9. The number of benzene rings is 3. The van der Waals surface area contributed by atoms with Crippen LogP contribution >= 0.6 is 0 Å². The average Bonchev–Trinajstić information content (AvgIpc) is 3.41. The molecule has 1 aliphatic carbocycles. The fraction of sp³-hybridized carbons (Fsp3) is 0.417. The van der Waals surface area contributed by atoms with Crippen LogP contribution in [0.5, 0.6) is 0 Å². The molecule has 0 unspecified atom stereocenters. The van der Waals surface area contributed by atoms with Crippen LogP contribution in [0.1, 0.15) is 35.2 Å². The van der Waals surface area contributed by atoms with Crippen LogP contribution in [0.4, 0.5) is 0 Å². The number of hydrogen-bond donors (Lipinski definition) is 6. The molecule has 0 radical (unpaired) electrons. The highest BCUT2D eigenvalue weighted by atomic mass is 16.5. The summed E-state index contributed by atoms with van der Waals surface area (Å²) in [5.41, 5.74) is 2.97. The van der Waals surface area contributed by atoms with E-state index >= 15 is 0 Å². The quantitative estimate of drug-likeness (QED) is 0.124. The lowest BCUT2D eigenvalue weighted by Gasteiger charge is -2.33. The number of aliphatic hydroxyl groups excluding tert-OH is 3. The Kier molecular flexibility index (Phi) is 13.6. The summed E-state index contributed by atoms with van der Waals surface area (Å²) >= 11 is 0. The van der Waals surface area contributed by atoms with Crippen molar-refractivity contribution < 1.29 is 43.9 Å².